The van der Waals surface area contributed by atoms with Crippen LogP contribution in [0.1, 0.15) is 0 Å². The summed E-state index contributed by atoms with van der Waals surface area (Å²) in [6.07, 6.45) is 1.04. The van der Waals surface area contributed by atoms with Gasteiger partial charge in [-0.1, -0.05) is 18.2 Å². The number of aliphatic hydroxyl groups excluding tert-OH is 1. The number of rotatable bonds is 4. The third-order valence-corrected chi connectivity index (χ3v) is 3.60. The lowest BCUT2D eigenvalue weighted by Crippen LogP contribution is -2.11. The third-order valence-electron chi connectivity index (χ3n) is 2.10. The summed E-state index contributed by atoms with van der Waals surface area (Å²) in [5.74, 6) is 0.792. The molecule has 0 amide bonds. The Morgan fingerprint density at radius 1 is 1.31 bits per heavy atom. The van der Waals surface area contributed by atoms with Crippen LogP contribution in [0.5, 0.6) is 0 Å². The van der Waals surface area contributed by atoms with E-state index in [4.69, 9.17) is 11.6 Å². The largest absolute Gasteiger partial charge is 0.391 e. The second kappa shape index (κ2) is 5.48. The number of thioether (sulfide) groups is 1. The van der Waals surface area contributed by atoms with Gasteiger partial charge in [-0.2, -0.15) is 0 Å². The summed E-state index contributed by atoms with van der Waals surface area (Å²) in [6.45, 7) is 0. The summed E-state index contributed by atoms with van der Waals surface area (Å²) in [7, 11) is 0. The van der Waals surface area contributed by atoms with E-state index in [1.54, 1.807) is 0 Å². The van der Waals surface area contributed by atoms with E-state index < -0.39 is 6.10 Å². The number of benzene rings is 1. The Hall–Kier alpha value is -0.840. The maximum atomic E-state index is 9.40. The van der Waals surface area contributed by atoms with E-state index in [1.807, 2.05) is 24.3 Å². The first-order chi connectivity index (χ1) is 7.81. The van der Waals surface area contributed by atoms with E-state index in [2.05, 4.69) is 9.97 Å². The van der Waals surface area contributed by atoms with Crippen LogP contribution in [0.4, 0.5) is 0 Å². The van der Waals surface area contributed by atoms with Crippen LogP contribution in [0, 0.1) is 0 Å². The zero-order valence-corrected chi connectivity index (χ0v) is 10.1. The average molecular weight is 255 g/mol. The van der Waals surface area contributed by atoms with E-state index in [0.717, 1.165) is 15.9 Å². The van der Waals surface area contributed by atoms with Crippen molar-refractivity contribution >= 4 is 34.3 Å². The molecule has 3 nitrogen and oxygen atoms in total. The first-order valence-electron chi connectivity index (χ1n) is 4.88. The zero-order valence-electron chi connectivity index (χ0n) is 8.51. The average Bonchev–Trinajstić information content (AvgIpc) is 2.35. The Morgan fingerprint density at radius 2 is 2.12 bits per heavy atom. The van der Waals surface area contributed by atoms with E-state index in [-0.39, 0.29) is 5.88 Å². The molecule has 2 aromatic rings. The summed E-state index contributed by atoms with van der Waals surface area (Å²) in [5.41, 5.74) is 0.917. The number of aromatic nitrogens is 2. The molecule has 0 saturated heterocycles. The molecule has 1 aromatic heterocycles. The molecule has 1 N–H and O–H groups in total. The molecule has 84 valence electrons. The summed E-state index contributed by atoms with van der Waals surface area (Å²) in [4.78, 5) is 8.39. The second-order valence-electron chi connectivity index (χ2n) is 3.32. The summed E-state index contributed by atoms with van der Waals surface area (Å²) in [5, 5.41) is 11.3. The Kier molecular flexibility index (Phi) is 3.98. The van der Waals surface area contributed by atoms with Gasteiger partial charge in [0.25, 0.3) is 0 Å². The van der Waals surface area contributed by atoms with Crippen molar-refractivity contribution in [1.29, 1.82) is 0 Å². The first-order valence-corrected chi connectivity index (χ1v) is 6.40. The highest BCUT2D eigenvalue weighted by atomic mass is 35.5. The van der Waals surface area contributed by atoms with Crippen LogP contribution in [-0.2, 0) is 0 Å². The van der Waals surface area contributed by atoms with Crippen LogP contribution in [-0.4, -0.2) is 32.8 Å². The van der Waals surface area contributed by atoms with Crippen LogP contribution >= 0.6 is 23.4 Å². The van der Waals surface area contributed by atoms with Crippen LogP contribution in [0.2, 0.25) is 0 Å². The van der Waals surface area contributed by atoms with Crippen molar-refractivity contribution < 1.29 is 5.11 Å². The topological polar surface area (TPSA) is 46.0 Å². The molecule has 16 heavy (non-hydrogen) atoms. The van der Waals surface area contributed by atoms with Gasteiger partial charge in [-0.15, -0.1) is 23.4 Å². The number of para-hydroxylation sites is 1. The molecule has 0 aliphatic carbocycles. The number of halogens is 1. The standard InChI is InChI=1S/C11H11ClN2OS/c12-5-8(15)6-16-11-9-3-1-2-4-10(9)13-7-14-11/h1-4,7-8,15H,5-6H2. The van der Waals surface area contributed by atoms with Gasteiger partial charge in [0.05, 0.1) is 11.6 Å². The molecular weight excluding hydrogens is 244 g/mol. The molecule has 0 bridgehead atoms. The van der Waals surface area contributed by atoms with Gasteiger partial charge < -0.3 is 5.11 Å². The van der Waals surface area contributed by atoms with E-state index >= 15 is 0 Å². The van der Waals surface area contributed by atoms with Crippen molar-refractivity contribution in [3.8, 4) is 0 Å². The molecule has 1 unspecified atom stereocenters. The highest BCUT2D eigenvalue weighted by Gasteiger charge is 2.07. The minimum absolute atomic E-state index is 0.246. The molecule has 1 heterocycles. The Labute approximate surface area is 103 Å². The summed E-state index contributed by atoms with van der Waals surface area (Å²) in [6, 6.07) is 7.81. The predicted octanol–water partition coefficient (Wildman–Crippen LogP) is 2.32. The second-order valence-corrected chi connectivity index (χ2v) is 4.63. The number of hydrogen-bond donors (Lipinski definition) is 1. The van der Waals surface area contributed by atoms with Gasteiger partial charge in [0.15, 0.2) is 0 Å². The Bertz CT molecular complexity index is 475. The van der Waals surface area contributed by atoms with E-state index in [0.29, 0.717) is 5.75 Å². The molecule has 0 radical (unpaired) electrons. The van der Waals surface area contributed by atoms with Crippen molar-refractivity contribution in [2.24, 2.45) is 0 Å². The SMILES string of the molecule is OC(CCl)CSc1ncnc2ccccc12. The molecule has 0 aliphatic rings. The molecule has 2 rings (SSSR count). The molecular formula is C11H11ClN2OS. The predicted molar refractivity (Wildman–Crippen MR) is 67.0 cm³/mol. The van der Waals surface area contributed by atoms with Crippen LogP contribution in [0.25, 0.3) is 10.9 Å². The first kappa shape index (κ1) is 11.6. The van der Waals surface area contributed by atoms with Gasteiger partial charge >= 0.3 is 0 Å². The molecule has 0 spiro atoms. The molecule has 0 saturated carbocycles. The zero-order chi connectivity index (χ0) is 11.4. The molecule has 1 aromatic carbocycles. The number of fused-ring (bicyclic) bond motifs is 1. The Morgan fingerprint density at radius 3 is 2.94 bits per heavy atom. The van der Waals surface area contributed by atoms with Crippen molar-refractivity contribution in [1.82, 2.24) is 9.97 Å². The maximum absolute atomic E-state index is 9.40. The van der Waals surface area contributed by atoms with Gasteiger partial charge in [-0.25, -0.2) is 9.97 Å². The van der Waals surface area contributed by atoms with Crippen molar-refractivity contribution in [2.45, 2.75) is 11.1 Å². The van der Waals surface area contributed by atoms with Crippen LogP contribution in [0.15, 0.2) is 35.6 Å². The Balaban J connectivity index is 2.23. The van der Waals surface area contributed by atoms with E-state index in [9.17, 15) is 5.11 Å². The lowest BCUT2D eigenvalue weighted by molar-refractivity contribution is 0.223. The van der Waals surface area contributed by atoms with Gasteiger partial charge in [0.1, 0.15) is 11.4 Å². The smallest absolute Gasteiger partial charge is 0.117 e. The maximum Gasteiger partial charge on any atom is 0.117 e. The van der Waals surface area contributed by atoms with Crippen LogP contribution < -0.4 is 0 Å². The molecule has 5 heteroatoms. The summed E-state index contributed by atoms with van der Waals surface area (Å²) < 4.78 is 0. The van der Waals surface area contributed by atoms with Crippen molar-refractivity contribution in [3.05, 3.63) is 30.6 Å². The highest BCUT2D eigenvalue weighted by molar-refractivity contribution is 7.99. The number of hydrogen-bond acceptors (Lipinski definition) is 4. The third kappa shape index (κ3) is 2.64. The van der Waals surface area contributed by atoms with E-state index in [1.165, 1.54) is 18.1 Å². The number of alkyl halides is 1. The van der Waals surface area contributed by atoms with Crippen molar-refractivity contribution in [2.75, 3.05) is 11.6 Å². The lowest BCUT2D eigenvalue weighted by Gasteiger charge is -2.07. The molecule has 0 fully saturated rings. The van der Waals surface area contributed by atoms with Crippen LogP contribution in [0.3, 0.4) is 0 Å². The molecule has 1 atom stereocenters. The van der Waals surface area contributed by atoms with Gasteiger partial charge in [-0.3, -0.25) is 0 Å². The fourth-order valence-corrected chi connectivity index (χ4v) is 2.47. The fourth-order valence-electron chi connectivity index (χ4n) is 1.31. The number of aliphatic hydroxyl groups is 1. The minimum atomic E-state index is -0.500. The normalized spacial score (nSPS) is 12.9. The van der Waals surface area contributed by atoms with Gasteiger partial charge in [0, 0.05) is 17.0 Å². The fraction of sp³-hybridized carbons (Fsp3) is 0.273. The van der Waals surface area contributed by atoms with Crippen molar-refractivity contribution in [3.63, 3.8) is 0 Å². The van der Waals surface area contributed by atoms with Gasteiger partial charge in [-0.05, 0) is 6.07 Å². The molecule has 0 aliphatic heterocycles. The van der Waals surface area contributed by atoms with Gasteiger partial charge in [0.2, 0.25) is 0 Å². The quantitative estimate of drug-likeness (QED) is 0.517. The minimum Gasteiger partial charge on any atom is -0.391 e. The summed E-state index contributed by atoms with van der Waals surface area (Å²) >= 11 is 7.04. The lowest BCUT2D eigenvalue weighted by atomic mass is 10.2. The number of nitrogens with zero attached hydrogens (tertiary/aromatic N) is 2. The monoisotopic (exact) mass is 254 g/mol. The highest BCUT2D eigenvalue weighted by Crippen LogP contribution is 2.24.